The second-order valence-electron chi connectivity index (χ2n) is 2.82. The highest BCUT2D eigenvalue weighted by Gasteiger charge is 2.12. The lowest BCUT2D eigenvalue weighted by Crippen LogP contribution is -2.29. The molecule has 0 fully saturated rings. The van der Waals surface area contributed by atoms with Crippen LogP contribution in [0.4, 0.5) is 0 Å². The Bertz CT molecular complexity index is 215. The maximum Gasteiger partial charge on any atom is 0.332 e. The van der Waals surface area contributed by atoms with Crippen molar-refractivity contribution in [1.82, 2.24) is 5.32 Å². The van der Waals surface area contributed by atoms with E-state index in [0.29, 0.717) is 12.8 Å². The highest BCUT2D eigenvalue weighted by atomic mass is 16.4. The number of carboxylic acids is 1. The first-order valence-electron chi connectivity index (χ1n) is 4.36. The zero-order chi connectivity index (χ0) is 11.0. The van der Waals surface area contributed by atoms with Crippen molar-refractivity contribution in [2.45, 2.75) is 25.4 Å². The Morgan fingerprint density at radius 2 is 2.14 bits per heavy atom. The van der Waals surface area contributed by atoms with Crippen LogP contribution in [0.25, 0.3) is 0 Å². The van der Waals surface area contributed by atoms with Crippen molar-refractivity contribution in [3.8, 4) is 0 Å². The zero-order valence-electron chi connectivity index (χ0n) is 7.90. The molecule has 0 heterocycles. The molecule has 80 valence electrons. The molecule has 0 aliphatic carbocycles. The van der Waals surface area contributed by atoms with Crippen LogP contribution in [-0.4, -0.2) is 34.7 Å². The van der Waals surface area contributed by atoms with Gasteiger partial charge in [0.2, 0.25) is 5.91 Å². The average Bonchev–Trinajstić information content (AvgIpc) is 2.14. The number of carboxylic acid groups (broad SMARTS) is 1. The normalized spacial score (nSPS) is 11.8. The number of aliphatic hydroxyl groups excluding tert-OH is 1. The molecular weight excluding hydrogens is 186 g/mol. The molecule has 0 aliphatic rings. The van der Waals surface area contributed by atoms with Gasteiger partial charge in [0.05, 0.1) is 0 Å². The number of allylic oxidation sites excluding steroid dienone is 1. The monoisotopic (exact) mass is 201 g/mol. The van der Waals surface area contributed by atoms with Gasteiger partial charge in [-0.2, -0.15) is 0 Å². The van der Waals surface area contributed by atoms with E-state index < -0.39 is 12.1 Å². The lowest BCUT2D eigenvalue weighted by Gasteiger charge is -2.06. The van der Waals surface area contributed by atoms with Crippen molar-refractivity contribution in [3.63, 3.8) is 0 Å². The zero-order valence-corrected chi connectivity index (χ0v) is 7.90. The molecule has 1 atom stereocenters. The number of nitrogens with one attached hydrogen (secondary N) is 1. The number of hydrogen-bond donors (Lipinski definition) is 3. The smallest absolute Gasteiger partial charge is 0.332 e. The van der Waals surface area contributed by atoms with Crippen molar-refractivity contribution >= 4 is 11.9 Å². The first-order valence-corrected chi connectivity index (χ1v) is 4.36. The molecule has 0 aromatic carbocycles. The fourth-order valence-electron chi connectivity index (χ4n) is 0.793. The van der Waals surface area contributed by atoms with Gasteiger partial charge in [0, 0.05) is 19.4 Å². The largest absolute Gasteiger partial charge is 0.479 e. The van der Waals surface area contributed by atoms with E-state index in [4.69, 9.17) is 10.2 Å². The van der Waals surface area contributed by atoms with Crippen LogP contribution in [0, 0.1) is 0 Å². The Morgan fingerprint density at radius 1 is 1.50 bits per heavy atom. The predicted molar refractivity (Wildman–Crippen MR) is 50.7 cm³/mol. The first-order chi connectivity index (χ1) is 6.57. The SMILES string of the molecule is C=CCCC(=O)NCCC(O)C(=O)O. The van der Waals surface area contributed by atoms with E-state index in [1.54, 1.807) is 6.08 Å². The van der Waals surface area contributed by atoms with Crippen LogP contribution < -0.4 is 5.32 Å². The Labute approximate surface area is 82.4 Å². The first kappa shape index (κ1) is 12.6. The summed E-state index contributed by atoms with van der Waals surface area (Å²) in [7, 11) is 0. The van der Waals surface area contributed by atoms with E-state index in [0.717, 1.165) is 0 Å². The fraction of sp³-hybridized carbons (Fsp3) is 0.556. The van der Waals surface area contributed by atoms with Crippen LogP contribution in [0.15, 0.2) is 12.7 Å². The van der Waals surface area contributed by atoms with Gasteiger partial charge in [-0.1, -0.05) is 6.08 Å². The molecule has 0 aliphatic heterocycles. The highest BCUT2D eigenvalue weighted by molar-refractivity contribution is 5.76. The van der Waals surface area contributed by atoms with E-state index in [1.807, 2.05) is 0 Å². The third kappa shape index (κ3) is 6.19. The maximum absolute atomic E-state index is 11.0. The maximum atomic E-state index is 11.0. The predicted octanol–water partition coefficient (Wildman–Crippen LogP) is -0.0956. The molecule has 0 aromatic heterocycles. The number of aliphatic hydroxyl groups is 1. The Kier molecular flexibility index (Phi) is 6.39. The molecule has 1 amide bonds. The highest BCUT2D eigenvalue weighted by Crippen LogP contribution is 1.92. The van der Waals surface area contributed by atoms with Gasteiger partial charge in [0.15, 0.2) is 6.10 Å². The van der Waals surface area contributed by atoms with Gasteiger partial charge in [-0.3, -0.25) is 4.79 Å². The topological polar surface area (TPSA) is 86.6 Å². The average molecular weight is 201 g/mol. The van der Waals surface area contributed by atoms with E-state index >= 15 is 0 Å². The fourth-order valence-corrected chi connectivity index (χ4v) is 0.793. The summed E-state index contributed by atoms with van der Waals surface area (Å²) in [6.07, 6.45) is 1.18. The minimum absolute atomic E-state index is 0.0230. The van der Waals surface area contributed by atoms with E-state index in [2.05, 4.69) is 11.9 Å². The van der Waals surface area contributed by atoms with Gasteiger partial charge in [0.1, 0.15) is 0 Å². The summed E-state index contributed by atoms with van der Waals surface area (Å²) in [5.41, 5.74) is 0. The third-order valence-corrected chi connectivity index (χ3v) is 1.60. The molecule has 5 nitrogen and oxygen atoms in total. The molecule has 5 heteroatoms. The number of carbonyl (C=O) groups is 2. The number of aliphatic carboxylic acids is 1. The Morgan fingerprint density at radius 3 is 2.64 bits per heavy atom. The molecule has 0 bridgehead atoms. The van der Waals surface area contributed by atoms with Gasteiger partial charge in [-0.05, 0) is 6.42 Å². The summed E-state index contributed by atoms with van der Waals surface area (Å²) in [6.45, 7) is 3.64. The summed E-state index contributed by atoms with van der Waals surface area (Å²) >= 11 is 0. The van der Waals surface area contributed by atoms with Gasteiger partial charge in [0.25, 0.3) is 0 Å². The Hall–Kier alpha value is -1.36. The molecule has 0 aromatic rings. The van der Waals surface area contributed by atoms with Crippen molar-refractivity contribution in [2.75, 3.05) is 6.54 Å². The standard InChI is InChI=1S/C9H15NO4/c1-2-3-4-8(12)10-6-5-7(11)9(13)14/h2,7,11H,1,3-6H2,(H,10,12)(H,13,14). The number of hydrogen-bond acceptors (Lipinski definition) is 3. The molecule has 0 spiro atoms. The summed E-state index contributed by atoms with van der Waals surface area (Å²) in [4.78, 5) is 21.1. The Balaban J connectivity index is 3.48. The van der Waals surface area contributed by atoms with Gasteiger partial charge >= 0.3 is 5.97 Å². The molecule has 0 radical (unpaired) electrons. The third-order valence-electron chi connectivity index (χ3n) is 1.60. The van der Waals surface area contributed by atoms with E-state index in [-0.39, 0.29) is 18.9 Å². The molecule has 0 saturated heterocycles. The van der Waals surface area contributed by atoms with Crippen LogP contribution in [0.1, 0.15) is 19.3 Å². The van der Waals surface area contributed by atoms with Gasteiger partial charge in [-0.15, -0.1) is 6.58 Å². The van der Waals surface area contributed by atoms with Crippen LogP contribution in [0.5, 0.6) is 0 Å². The number of rotatable bonds is 7. The van der Waals surface area contributed by atoms with E-state index in [9.17, 15) is 9.59 Å². The van der Waals surface area contributed by atoms with Crippen molar-refractivity contribution < 1.29 is 19.8 Å². The van der Waals surface area contributed by atoms with Crippen molar-refractivity contribution in [2.24, 2.45) is 0 Å². The van der Waals surface area contributed by atoms with E-state index in [1.165, 1.54) is 0 Å². The van der Waals surface area contributed by atoms with Crippen LogP contribution >= 0.6 is 0 Å². The van der Waals surface area contributed by atoms with Crippen LogP contribution in [0.2, 0.25) is 0 Å². The lowest BCUT2D eigenvalue weighted by atomic mass is 10.2. The molecule has 1 unspecified atom stereocenters. The summed E-state index contributed by atoms with van der Waals surface area (Å²) in [5.74, 6) is -1.44. The lowest BCUT2D eigenvalue weighted by molar-refractivity contribution is -0.147. The molecule has 3 N–H and O–H groups in total. The molecular formula is C9H15NO4. The molecule has 14 heavy (non-hydrogen) atoms. The summed E-state index contributed by atoms with van der Waals surface area (Å²) in [5, 5.41) is 19.7. The summed E-state index contributed by atoms with van der Waals surface area (Å²) < 4.78 is 0. The second-order valence-corrected chi connectivity index (χ2v) is 2.82. The van der Waals surface area contributed by atoms with Gasteiger partial charge in [-0.25, -0.2) is 4.79 Å². The van der Waals surface area contributed by atoms with Crippen molar-refractivity contribution in [1.29, 1.82) is 0 Å². The number of carbonyl (C=O) groups excluding carboxylic acids is 1. The van der Waals surface area contributed by atoms with Crippen LogP contribution in [-0.2, 0) is 9.59 Å². The van der Waals surface area contributed by atoms with Crippen LogP contribution in [0.3, 0.4) is 0 Å². The minimum atomic E-state index is -1.41. The molecule has 0 saturated carbocycles. The molecule has 0 rings (SSSR count). The minimum Gasteiger partial charge on any atom is -0.479 e. The van der Waals surface area contributed by atoms with Crippen molar-refractivity contribution in [3.05, 3.63) is 12.7 Å². The quantitative estimate of drug-likeness (QED) is 0.502. The number of amides is 1. The second kappa shape index (κ2) is 7.08. The summed E-state index contributed by atoms with van der Waals surface area (Å²) in [6, 6.07) is 0. The van der Waals surface area contributed by atoms with Gasteiger partial charge < -0.3 is 15.5 Å².